The number of aryl methyl sites for hydroxylation is 1. The lowest BCUT2D eigenvalue weighted by molar-refractivity contribution is 0.123. The minimum absolute atomic E-state index is 0.259. The Bertz CT molecular complexity index is 352. The molecule has 1 rings (SSSR count). The molecule has 1 aromatic rings. The normalized spacial score (nSPS) is 13.2. The van der Waals surface area contributed by atoms with Crippen molar-refractivity contribution in [1.29, 1.82) is 0 Å². The number of aliphatic hydroxyl groups excluding tert-OH is 1. The van der Waals surface area contributed by atoms with Crippen molar-refractivity contribution in [2.45, 2.75) is 52.7 Å². The van der Waals surface area contributed by atoms with Crippen molar-refractivity contribution in [3.05, 3.63) is 16.7 Å². The summed E-state index contributed by atoms with van der Waals surface area (Å²) < 4.78 is 0. The Morgan fingerprint density at radius 2 is 2.17 bits per heavy atom. The molecule has 1 heterocycles. The van der Waals surface area contributed by atoms with E-state index in [1.807, 2.05) is 13.8 Å². The summed E-state index contributed by atoms with van der Waals surface area (Å²) in [6, 6.07) is 0. The van der Waals surface area contributed by atoms with Crippen molar-refractivity contribution >= 4 is 11.6 Å². The fourth-order valence-electron chi connectivity index (χ4n) is 1.60. The van der Waals surface area contributed by atoms with Crippen LogP contribution >= 0.6 is 11.6 Å². The number of unbranched alkanes of at least 4 members (excludes halogenated alkanes) is 1. The average molecular weight is 274 g/mol. The van der Waals surface area contributed by atoms with Crippen LogP contribution in [0.15, 0.2) is 0 Å². The lowest BCUT2D eigenvalue weighted by Crippen LogP contribution is -2.30. The summed E-state index contributed by atoms with van der Waals surface area (Å²) in [5, 5.41) is 13.4. The van der Waals surface area contributed by atoms with Gasteiger partial charge in [-0.15, -0.1) is 0 Å². The summed E-state index contributed by atoms with van der Waals surface area (Å²) in [6.45, 7) is 7.33. The zero-order valence-electron chi connectivity index (χ0n) is 11.5. The van der Waals surface area contributed by atoms with Gasteiger partial charge in [0.2, 0.25) is 0 Å². The van der Waals surface area contributed by atoms with E-state index in [1.165, 1.54) is 0 Å². The van der Waals surface area contributed by atoms with Crippen molar-refractivity contribution in [2.24, 2.45) is 5.92 Å². The van der Waals surface area contributed by atoms with Gasteiger partial charge in [0.15, 0.2) is 5.15 Å². The first-order chi connectivity index (χ1) is 8.54. The van der Waals surface area contributed by atoms with E-state index in [1.54, 1.807) is 0 Å². The fourth-order valence-corrected chi connectivity index (χ4v) is 1.82. The second-order valence-electron chi connectivity index (χ2n) is 5.00. The van der Waals surface area contributed by atoms with Gasteiger partial charge < -0.3 is 15.4 Å². The van der Waals surface area contributed by atoms with Crippen LogP contribution in [0.4, 0.5) is 0 Å². The van der Waals surface area contributed by atoms with Gasteiger partial charge in [0, 0.05) is 19.5 Å². The van der Waals surface area contributed by atoms with Gasteiger partial charge in [-0.25, -0.2) is 4.98 Å². The Balaban J connectivity index is 2.40. The predicted octanol–water partition coefficient (Wildman–Crippen LogP) is 2.51. The number of nitrogens with zero attached hydrogens (tertiary/aromatic N) is 1. The molecule has 4 nitrogen and oxygen atoms in total. The highest BCUT2D eigenvalue weighted by Crippen LogP contribution is 2.14. The number of aromatic amines is 1. The number of aromatic nitrogens is 2. The van der Waals surface area contributed by atoms with Gasteiger partial charge in [0.05, 0.1) is 11.8 Å². The molecule has 0 radical (unpaired) electrons. The maximum Gasteiger partial charge on any atom is 0.151 e. The smallest absolute Gasteiger partial charge is 0.151 e. The van der Waals surface area contributed by atoms with Crippen LogP contribution in [0.25, 0.3) is 0 Å². The number of imidazole rings is 1. The highest BCUT2D eigenvalue weighted by Gasteiger charge is 2.10. The zero-order chi connectivity index (χ0) is 13.5. The highest BCUT2D eigenvalue weighted by atomic mass is 35.5. The van der Waals surface area contributed by atoms with Crippen molar-refractivity contribution in [3.63, 3.8) is 0 Å². The predicted molar refractivity (Wildman–Crippen MR) is 74.8 cm³/mol. The average Bonchev–Trinajstić information content (AvgIpc) is 2.67. The molecule has 0 aliphatic heterocycles. The summed E-state index contributed by atoms with van der Waals surface area (Å²) in [5.74, 6) is 1.21. The van der Waals surface area contributed by atoms with Crippen LogP contribution in [-0.4, -0.2) is 27.7 Å². The number of rotatable bonds is 8. The molecule has 0 aliphatic carbocycles. The van der Waals surface area contributed by atoms with Gasteiger partial charge in [0.25, 0.3) is 0 Å². The van der Waals surface area contributed by atoms with E-state index >= 15 is 0 Å². The van der Waals surface area contributed by atoms with Gasteiger partial charge in [-0.1, -0.05) is 38.8 Å². The lowest BCUT2D eigenvalue weighted by Gasteiger charge is -2.14. The Hall–Kier alpha value is -0.580. The molecule has 1 unspecified atom stereocenters. The second-order valence-corrected chi connectivity index (χ2v) is 5.36. The van der Waals surface area contributed by atoms with Gasteiger partial charge in [0.1, 0.15) is 5.82 Å². The molecular formula is C13H24ClN3O. The van der Waals surface area contributed by atoms with E-state index in [0.29, 0.717) is 18.2 Å². The number of H-pyrrole nitrogens is 1. The third-order valence-corrected chi connectivity index (χ3v) is 3.28. The molecule has 0 bridgehead atoms. The molecule has 5 heteroatoms. The third kappa shape index (κ3) is 4.96. The summed E-state index contributed by atoms with van der Waals surface area (Å²) in [5.41, 5.74) is 0.902. The van der Waals surface area contributed by atoms with E-state index in [0.717, 1.165) is 30.8 Å². The van der Waals surface area contributed by atoms with E-state index < -0.39 is 0 Å². The third-order valence-electron chi connectivity index (χ3n) is 2.97. The van der Waals surface area contributed by atoms with Crippen molar-refractivity contribution in [3.8, 4) is 0 Å². The zero-order valence-corrected chi connectivity index (χ0v) is 12.2. The lowest BCUT2D eigenvalue weighted by atomic mass is 10.1. The SMILES string of the molecule is CCCCc1nc(Cl)c(CNCC(O)C(C)C)[nH]1. The van der Waals surface area contributed by atoms with Crippen LogP contribution in [-0.2, 0) is 13.0 Å². The van der Waals surface area contributed by atoms with Crippen LogP contribution in [0.5, 0.6) is 0 Å². The molecular weight excluding hydrogens is 250 g/mol. The van der Waals surface area contributed by atoms with Gasteiger partial charge >= 0.3 is 0 Å². The van der Waals surface area contributed by atoms with E-state index in [-0.39, 0.29) is 12.0 Å². The maximum absolute atomic E-state index is 9.67. The second kappa shape index (κ2) is 7.77. The van der Waals surface area contributed by atoms with Gasteiger partial charge in [-0.05, 0) is 12.3 Å². The summed E-state index contributed by atoms with van der Waals surface area (Å²) in [4.78, 5) is 7.52. The van der Waals surface area contributed by atoms with Gasteiger partial charge in [-0.2, -0.15) is 0 Å². The van der Waals surface area contributed by atoms with Crippen LogP contribution in [0, 0.1) is 5.92 Å². The maximum atomic E-state index is 9.67. The molecule has 0 saturated carbocycles. The van der Waals surface area contributed by atoms with Crippen molar-refractivity contribution in [1.82, 2.24) is 15.3 Å². The largest absolute Gasteiger partial charge is 0.392 e. The summed E-state index contributed by atoms with van der Waals surface area (Å²) in [7, 11) is 0. The molecule has 1 aromatic heterocycles. The van der Waals surface area contributed by atoms with E-state index in [9.17, 15) is 5.11 Å². The highest BCUT2D eigenvalue weighted by molar-refractivity contribution is 6.30. The number of halogens is 1. The standard InChI is InChI=1S/C13H24ClN3O/c1-4-5-6-12-16-10(13(14)17-12)7-15-8-11(18)9(2)3/h9,11,15,18H,4-8H2,1-3H3,(H,16,17). The first-order valence-corrected chi connectivity index (χ1v) is 7.04. The number of nitrogens with one attached hydrogen (secondary N) is 2. The quantitative estimate of drug-likeness (QED) is 0.682. The number of hydrogen-bond acceptors (Lipinski definition) is 3. The Morgan fingerprint density at radius 3 is 2.78 bits per heavy atom. The molecule has 0 spiro atoms. The molecule has 104 valence electrons. The summed E-state index contributed by atoms with van der Waals surface area (Å²) in [6.07, 6.45) is 2.87. The Morgan fingerprint density at radius 1 is 1.44 bits per heavy atom. The first-order valence-electron chi connectivity index (χ1n) is 6.66. The molecule has 1 atom stereocenters. The number of hydrogen-bond donors (Lipinski definition) is 3. The fraction of sp³-hybridized carbons (Fsp3) is 0.769. The van der Waals surface area contributed by atoms with Crippen molar-refractivity contribution < 1.29 is 5.11 Å². The molecule has 0 saturated heterocycles. The van der Waals surface area contributed by atoms with E-state index in [4.69, 9.17) is 11.6 Å². The number of aliphatic hydroxyl groups is 1. The first kappa shape index (κ1) is 15.5. The van der Waals surface area contributed by atoms with Crippen LogP contribution in [0.1, 0.15) is 45.1 Å². The Kier molecular flexibility index (Phi) is 6.68. The molecule has 18 heavy (non-hydrogen) atoms. The van der Waals surface area contributed by atoms with Gasteiger partial charge in [-0.3, -0.25) is 0 Å². The van der Waals surface area contributed by atoms with Crippen LogP contribution < -0.4 is 5.32 Å². The van der Waals surface area contributed by atoms with Crippen LogP contribution in [0.3, 0.4) is 0 Å². The monoisotopic (exact) mass is 273 g/mol. The molecule has 0 aromatic carbocycles. The topological polar surface area (TPSA) is 60.9 Å². The van der Waals surface area contributed by atoms with E-state index in [2.05, 4.69) is 22.2 Å². The minimum atomic E-state index is -0.328. The molecule has 0 amide bonds. The molecule has 3 N–H and O–H groups in total. The molecule has 0 fully saturated rings. The summed E-state index contributed by atoms with van der Waals surface area (Å²) >= 11 is 6.06. The minimum Gasteiger partial charge on any atom is -0.392 e. The Labute approximate surface area is 114 Å². The molecule has 0 aliphatic rings. The van der Waals surface area contributed by atoms with Crippen LogP contribution in [0.2, 0.25) is 5.15 Å². The van der Waals surface area contributed by atoms with Crippen molar-refractivity contribution in [2.75, 3.05) is 6.54 Å².